The average molecular weight is 311 g/mol. The van der Waals surface area contributed by atoms with Crippen molar-refractivity contribution in [2.24, 2.45) is 0 Å². The zero-order valence-electron chi connectivity index (χ0n) is 13.2. The van der Waals surface area contributed by atoms with Gasteiger partial charge >= 0.3 is 6.03 Å². The summed E-state index contributed by atoms with van der Waals surface area (Å²) in [6.45, 7) is 9.60. The highest BCUT2D eigenvalue weighted by atomic mass is 35.5. The summed E-state index contributed by atoms with van der Waals surface area (Å²) >= 11 is 6.03. The molecule has 1 aromatic rings. The molecule has 4 nitrogen and oxygen atoms in total. The fraction of sp³-hybridized carbons (Fsp3) is 0.562. The molecule has 1 fully saturated rings. The Morgan fingerprint density at radius 2 is 1.90 bits per heavy atom. The summed E-state index contributed by atoms with van der Waals surface area (Å²) in [7, 11) is 0. The van der Waals surface area contributed by atoms with E-state index in [0.717, 1.165) is 0 Å². The molecule has 1 N–H and O–H groups in total. The van der Waals surface area contributed by atoms with Gasteiger partial charge in [0.05, 0.1) is 0 Å². The van der Waals surface area contributed by atoms with Crippen molar-refractivity contribution in [2.75, 3.05) is 4.90 Å². The van der Waals surface area contributed by atoms with Gasteiger partial charge in [-0.3, -0.25) is 4.90 Å². The smallest absolute Gasteiger partial charge is 0.327 e. The van der Waals surface area contributed by atoms with Crippen molar-refractivity contribution in [1.82, 2.24) is 4.90 Å². The van der Waals surface area contributed by atoms with Gasteiger partial charge in [0.25, 0.3) is 0 Å². The molecule has 0 saturated carbocycles. The van der Waals surface area contributed by atoms with Gasteiger partial charge in [-0.25, -0.2) is 4.79 Å². The largest absolute Gasteiger partial charge is 0.371 e. The van der Waals surface area contributed by atoms with E-state index < -0.39 is 11.3 Å². The van der Waals surface area contributed by atoms with Crippen LogP contribution in [-0.4, -0.2) is 33.3 Å². The molecule has 0 spiro atoms. The first-order chi connectivity index (χ1) is 9.56. The van der Waals surface area contributed by atoms with E-state index >= 15 is 0 Å². The molecule has 0 aromatic heterocycles. The number of benzene rings is 1. The maximum Gasteiger partial charge on any atom is 0.327 e. The van der Waals surface area contributed by atoms with Gasteiger partial charge in [-0.05, 0) is 52.8 Å². The molecule has 1 aromatic carbocycles. The highest BCUT2D eigenvalue weighted by Gasteiger charge is 2.51. The summed E-state index contributed by atoms with van der Waals surface area (Å²) in [5.41, 5.74) is -1.06. The number of anilines is 1. The predicted octanol–water partition coefficient (Wildman–Crippen LogP) is 3.87. The van der Waals surface area contributed by atoms with Gasteiger partial charge < -0.3 is 10.0 Å². The van der Waals surface area contributed by atoms with Gasteiger partial charge in [0.15, 0.2) is 0 Å². The van der Waals surface area contributed by atoms with Crippen molar-refractivity contribution >= 4 is 23.3 Å². The van der Waals surface area contributed by atoms with Crippen LogP contribution in [0.2, 0.25) is 5.02 Å². The van der Waals surface area contributed by atoms with Gasteiger partial charge in [0.2, 0.25) is 0 Å². The molecular weight excluding hydrogens is 288 g/mol. The van der Waals surface area contributed by atoms with Crippen LogP contribution in [0.15, 0.2) is 24.3 Å². The Bertz CT molecular complexity index is 555. The van der Waals surface area contributed by atoms with E-state index in [1.807, 2.05) is 32.6 Å². The van der Waals surface area contributed by atoms with E-state index in [2.05, 4.69) is 0 Å². The summed E-state index contributed by atoms with van der Waals surface area (Å²) in [4.78, 5) is 16.2. The van der Waals surface area contributed by atoms with Crippen molar-refractivity contribution in [3.8, 4) is 0 Å². The number of amides is 2. The maximum atomic E-state index is 13.0. The van der Waals surface area contributed by atoms with Gasteiger partial charge in [0, 0.05) is 28.7 Å². The lowest BCUT2D eigenvalue weighted by atomic mass is 9.86. The summed E-state index contributed by atoms with van der Waals surface area (Å²) in [6.07, 6.45) is 0.455. The van der Waals surface area contributed by atoms with Crippen LogP contribution < -0.4 is 4.90 Å². The molecule has 5 heteroatoms. The third-order valence-electron chi connectivity index (χ3n) is 3.88. The Kier molecular flexibility index (Phi) is 3.98. The Balaban J connectivity index is 2.51. The second-order valence-corrected chi connectivity index (χ2v) is 7.20. The average Bonchev–Trinajstić information content (AvgIpc) is 2.24. The summed E-state index contributed by atoms with van der Waals surface area (Å²) in [5, 5.41) is 11.4. The van der Waals surface area contributed by atoms with Gasteiger partial charge in [0.1, 0.15) is 5.72 Å². The van der Waals surface area contributed by atoms with Crippen LogP contribution in [-0.2, 0) is 0 Å². The Morgan fingerprint density at radius 1 is 1.29 bits per heavy atom. The minimum absolute atomic E-state index is 0.0466. The molecule has 0 aliphatic carbocycles. The lowest BCUT2D eigenvalue weighted by Gasteiger charge is -2.55. The quantitative estimate of drug-likeness (QED) is 0.901. The molecule has 21 heavy (non-hydrogen) atoms. The topological polar surface area (TPSA) is 43.8 Å². The number of rotatable bonds is 2. The van der Waals surface area contributed by atoms with Crippen LogP contribution in [0, 0.1) is 0 Å². The zero-order chi connectivity index (χ0) is 16.0. The molecule has 116 valence electrons. The molecule has 0 radical (unpaired) electrons. The van der Waals surface area contributed by atoms with Gasteiger partial charge in [-0.2, -0.15) is 0 Å². The highest BCUT2D eigenvalue weighted by molar-refractivity contribution is 6.30. The van der Waals surface area contributed by atoms with E-state index in [4.69, 9.17) is 11.6 Å². The highest BCUT2D eigenvalue weighted by Crippen LogP contribution is 2.40. The second kappa shape index (κ2) is 5.18. The van der Waals surface area contributed by atoms with E-state index in [-0.39, 0.29) is 12.1 Å². The van der Waals surface area contributed by atoms with Crippen molar-refractivity contribution in [1.29, 1.82) is 0 Å². The molecule has 1 heterocycles. The number of aliphatic hydroxyl groups is 1. The number of hydrogen-bond acceptors (Lipinski definition) is 2. The molecule has 1 aliphatic heterocycles. The number of hydrogen-bond donors (Lipinski definition) is 1. The Labute approximate surface area is 131 Å². The van der Waals surface area contributed by atoms with E-state index in [9.17, 15) is 9.90 Å². The first kappa shape index (κ1) is 16.1. The van der Waals surface area contributed by atoms with Crippen LogP contribution in [0.5, 0.6) is 0 Å². The van der Waals surface area contributed by atoms with Crippen LogP contribution in [0.25, 0.3) is 0 Å². The SMILES string of the molecule is CC(C)N1C(=O)N(c2cccc(Cl)c2)[C@@](C)(O)CC1(C)C. The zero-order valence-corrected chi connectivity index (χ0v) is 14.0. The van der Waals surface area contributed by atoms with Crippen LogP contribution >= 0.6 is 11.6 Å². The van der Waals surface area contributed by atoms with Gasteiger partial charge in [-0.1, -0.05) is 17.7 Å². The molecule has 1 aliphatic rings. The first-order valence-corrected chi connectivity index (χ1v) is 7.55. The summed E-state index contributed by atoms with van der Waals surface area (Å²) in [5.74, 6) is 0. The van der Waals surface area contributed by atoms with Gasteiger partial charge in [-0.15, -0.1) is 0 Å². The molecule has 1 saturated heterocycles. The predicted molar refractivity (Wildman–Crippen MR) is 85.6 cm³/mol. The minimum Gasteiger partial charge on any atom is -0.371 e. The number of halogens is 1. The first-order valence-electron chi connectivity index (χ1n) is 7.18. The number of carbonyl (C=O) groups is 1. The monoisotopic (exact) mass is 310 g/mol. The van der Waals surface area contributed by atoms with Crippen molar-refractivity contribution in [3.05, 3.63) is 29.3 Å². The van der Waals surface area contributed by atoms with E-state index in [1.54, 1.807) is 31.2 Å². The normalized spacial score (nSPS) is 25.6. The summed E-state index contributed by atoms with van der Waals surface area (Å²) in [6, 6.07) is 6.86. The van der Waals surface area contributed by atoms with E-state index in [1.165, 1.54) is 4.90 Å². The Morgan fingerprint density at radius 3 is 2.43 bits per heavy atom. The maximum absolute atomic E-state index is 13.0. The van der Waals surface area contributed by atoms with E-state index in [0.29, 0.717) is 17.1 Å². The van der Waals surface area contributed by atoms with Crippen molar-refractivity contribution in [3.63, 3.8) is 0 Å². The molecule has 1 atom stereocenters. The summed E-state index contributed by atoms with van der Waals surface area (Å²) < 4.78 is 0. The third kappa shape index (κ3) is 2.87. The Hall–Kier alpha value is -1.26. The fourth-order valence-electron chi connectivity index (χ4n) is 3.48. The lowest BCUT2D eigenvalue weighted by molar-refractivity contribution is -0.0334. The second-order valence-electron chi connectivity index (χ2n) is 6.77. The lowest BCUT2D eigenvalue weighted by Crippen LogP contribution is -2.69. The number of carbonyl (C=O) groups excluding carboxylic acids is 1. The standard InChI is InChI=1S/C16H23ClN2O2/c1-11(2)18-14(20)19(13-8-6-7-12(17)9-13)16(5,21)10-15(18,3)4/h6-9,11,21H,10H2,1-5H3/t16-/m0/s1. The number of nitrogens with zero attached hydrogens (tertiary/aromatic N) is 2. The molecule has 2 amide bonds. The van der Waals surface area contributed by atoms with Crippen LogP contribution in [0.3, 0.4) is 0 Å². The number of urea groups is 1. The molecule has 0 unspecified atom stereocenters. The molecular formula is C16H23ClN2O2. The molecule has 0 bridgehead atoms. The fourth-order valence-corrected chi connectivity index (χ4v) is 3.66. The minimum atomic E-state index is -1.25. The third-order valence-corrected chi connectivity index (χ3v) is 4.12. The van der Waals surface area contributed by atoms with Crippen LogP contribution in [0.1, 0.15) is 41.0 Å². The van der Waals surface area contributed by atoms with Crippen molar-refractivity contribution in [2.45, 2.75) is 58.3 Å². The molecule has 2 rings (SSSR count). The van der Waals surface area contributed by atoms with Crippen molar-refractivity contribution < 1.29 is 9.90 Å². The van der Waals surface area contributed by atoms with Crippen LogP contribution in [0.4, 0.5) is 10.5 Å².